The Kier molecular flexibility index (Phi) is 8.44. The van der Waals surface area contributed by atoms with E-state index in [9.17, 15) is 0 Å². The van der Waals surface area contributed by atoms with E-state index >= 15 is 0 Å². The van der Waals surface area contributed by atoms with E-state index < -0.39 is 0 Å². The Labute approximate surface area is 178 Å². The first kappa shape index (κ1) is 22.7. The maximum absolute atomic E-state index is 6.07. The lowest BCUT2D eigenvalue weighted by atomic mass is 9.64. The molecule has 0 bridgehead atoms. The number of fused-ring (bicyclic) bond motifs is 1. The van der Waals surface area contributed by atoms with E-state index in [0.29, 0.717) is 5.41 Å². The van der Waals surface area contributed by atoms with Crippen molar-refractivity contribution in [2.24, 2.45) is 46.8 Å². The van der Waals surface area contributed by atoms with E-state index in [-0.39, 0.29) is 0 Å². The summed E-state index contributed by atoms with van der Waals surface area (Å²) in [6, 6.07) is 0. The fourth-order valence-electron chi connectivity index (χ4n) is 8.42. The second kappa shape index (κ2) is 10.4. The maximum Gasteiger partial charge on any atom is 0.0653 e. The molecule has 0 N–H and O–H groups in total. The lowest BCUT2D eigenvalue weighted by Crippen LogP contribution is -2.32. The van der Waals surface area contributed by atoms with Gasteiger partial charge in [0.05, 0.1) is 7.85 Å². The van der Waals surface area contributed by atoms with Crippen LogP contribution in [0.2, 0.25) is 6.32 Å². The summed E-state index contributed by atoms with van der Waals surface area (Å²) in [5, 5.41) is 0. The summed E-state index contributed by atoms with van der Waals surface area (Å²) in [5.74, 6) is 6.94. The molecule has 0 saturated heterocycles. The van der Waals surface area contributed by atoms with Crippen molar-refractivity contribution in [3.05, 3.63) is 0 Å². The van der Waals surface area contributed by atoms with Gasteiger partial charge in [0.25, 0.3) is 0 Å². The van der Waals surface area contributed by atoms with Gasteiger partial charge in [0.1, 0.15) is 0 Å². The van der Waals surface area contributed by atoms with Gasteiger partial charge < -0.3 is 0 Å². The SMILES string of the molecule is [B]CCC1C(CCC)C2CCC(CCC3CCCCC3CCC)CC2C1(C)C. The Morgan fingerprint density at radius 1 is 0.786 bits per heavy atom. The summed E-state index contributed by atoms with van der Waals surface area (Å²) in [4.78, 5) is 0. The third kappa shape index (κ3) is 4.86. The summed E-state index contributed by atoms with van der Waals surface area (Å²) < 4.78 is 0. The molecule has 160 valence electrons. The Balaban J connectivity index is 1.59. The van der Waals surface area contributed by atoms with Gasteiger partial charge in [-0.3, -0.25) is 0 Å². The van der Waals surface area contributed by atoms with E-state index in [1.807, 2.05) is 0 Å². The van der Waals surface area contributed by atoms with Crippen LogP contribution in [0.4, 0.5) is 0 Å². The zero-order valence-electron chi connectivity index (χ0n) is 19.7. The first-order chi connectivity index (χ1) is 13.5. The maximum atomic E-state index is 6.07. The lowest BCUT2D eigenvalue weighted by Gasteiger charge is -2.41. The molecule has 1 heteroatoms. The topological polar surface area (TPSA) is 0 Å². The monoisotopic (exact) mass is 384 g/mol. The molecule has 0 nitrogen and oxygen atoms in total. The van der Waals surface area contributed by atoms with Crippen molar-refractivity contribution >= 4 is 7.85 Å². The van der Waals surface area contributed by atoms with E-state index in [1.165, 1.54) is 89.9 Å². The molecular weight excluding hydrogens is 335 g/mol. The van der Waals surface area contributed by atoms with Crippen molar-refractivity contribution in [3.63, 3.8) is 0 Å². The minimum Gasteiger partial charge on any atom is -0.0884 e. The molecule has 7 atom stereocenters. The van der Waals surface area contributed by atoms with E-state index in [1.54, 1.807) is 0 Å². The van der Waals surface area contributed by atoms with Crippen molar-refractivity contribution in [3.8, 4) is 0 Å². The molecule has 7 unspecified atom stereocenters. The molecule has 0 aromatic heterocycles. The Hall–Kier alpha value is 0.0649. The first-order valence-electron chi connectivity index (χ1n) is 13.2. The van der Waals surface area contributed by atoms with Gasteiger partial charge in [0.15, 0.2) is 0 Å². The van der Waals surface area contributed by atoms with Gasteiger partial charge in [-0.2, -0.15) is 0 Å². The molecule has 0 spiro atoms. The van der Waals surface area contributed by atoms with Crippen LogP contribution < -0.4 is 0 Å². The summed E-state index contributed by atoms with van der Waals surface area (Å²) in [6.07, 6.45) is 21.6. The average molecular weight is 385 g/mol. The predicted octanol–water partition coefficient (Wildman–Crippen LogP) is 8.45. The highest BCUT2D eigenvalue weighted by Gasteiger charge is 2.55. The molecule has 0 aliphatic heterocycles. The van der Waals surface area contributed by atoms with E-state index in [0.717, 1.165) is 47.7 Å². The third-order valence-electron chi connectivity index (χ3n) is 9.76. The van der Waals surface area contributed by atoms with Crippen LogP contribution in [0.15, 0.2) is 0 Å². The molecule has 0 amide bonds. The van der Waals surface area contributed by atoms with Crippen LogP contribution in [0, 0.1) is 46.8 Å². The Morgan fingerprint density at radius 2 is 1.46 bits per heavy atom. The highest BCUT2D eigenvalue weighted by molar-refractivity contribution is 6.08. The van der Waals surface area contributed by atoms with Crippen LogP contribution in [0.5, 0.6) is 0 Å². The molecule has 3 fully saturated rings. The van der Waals surface area contributed by atoms with Crippen LogP contribution in [0.3, 0.4) is 0 Å². The van der Waals surface area contributed by atoms with Crippen LogP contribution in [0.25, 0.3) is 0 Å². The predicted molar refractivity (Wildman–Crippen MR) is 125 cm³/mol. The molecule has 3 saturated carbocycles. The Bertz CT molecular complexity index is 453. The fourth-order valence-corrected chi connectivity index (χ4v) is 8.42. The van der Waals surface area contributed by atoms with Crippen LogP contribution in [-0.2, 0) is 0 Å². The van der Waals surface area contributed by atoms with E-state index in [2.05, 4.69) is 27.7 Å². The smallest absolute Gasteiger partial charge is 0.0653 e. The second-order valence-corrected chi connectivity index (χ2v) is 11.6. The van der Waals surface area contributed by atoms with Gasteiger partial charge in [-0.15, -0.1) is 0 Å². The van der Waals surface area contributed by atoms with Crippen molar-refractivity contribution in [2.45, 2.75) is 124 Å². The molecule has 0 heterocycles. The number of hydrogen-bond acceptors (Lipinski definition) is 0. The molecule has 28 heavy (non-hydrogen) atoms. The largest absolute Gasteiger partial charge is 0.0884 e. The summed E-state index contributed by atoms with van der Waals surface area (Å²) in [6.45, 7) is 10.0. The molecule has 3 rings (SSSR count). The van der Waals surface area contributed by atoms with Crippen LogP contribution in [0.1, 0.15) is 118 Å². The van der Waals surface area contributed by atoms with Gasteiger partial charge in [-0.1, -0.05) is 105 Å². The number of rotatable bonds is 9. The molecule has 3 aliphatic carbocycles. The summed E-state index contributed by atoms with van der Waals surface area (Å²) in [5.41, 5.74) is 0.512. The molecule has 0 aromatic carbocycles. The van der Waals surface area contributed by atoms with Crippen molar-refractivity contribution in [1.29, 1.82) is 0 Å². The third-order valence-corrected chi connectivity index (χ3v) is 9.76. The zero-order chi connectivity index (χ0) is 20.1. The minimum atomic E-state index is 0.512. The molecular formula is C27H49B. The summed E-state index contributed by atoms with van der Waals surface area (Å²) >= 11 is 0. The van der Waals surface area contributed by atoms with Gasteiger partial charge in [0.2, 0.25) is 0 Å². The minimum absolute atomic E-state index is 0.512. The normalized spacial score (nSPS) is 40.4. The van der Waals surface area contributed by atoms with Gasteiger partial charge in [-0.25, -0.2) is 0 Å². The lowest BCUT2D eigenvalue weighted by molar-refractivity contribution is 0.0924. The van der Waals surface area contributed by atoms with Crippen LogP contribution in [-0.4, -0.2) is 7.85 Å². The molecule has 3 aliphatic rings. The standard InChI is InChI=1S/C27H49B/c1-5-9-21-11-7-8-12-22(21)15-13-20-14-16-24-23(10-6-2)25(17-18-28)27(3,4)26(24)19-20/h20-26H,5-19H2,1-4H3. The average Bonchev–Trinajstić information content (AvgIpc) is 2.89. The van der Waals surface area contributed by atoms with Crippen molar-refractivity contribution in [1.82, 2.24) is 0 Å². The van der Waals surface area contributed by atoms with Crippen molar-refractivity contribution in [2.75, 3.05) is 0 Å². The van der Waals surface area contributed by atoms with Crippen molar-refractivity contribution < 1.29 is 0 Å². The van der Waals surface area contributed by atoms with Gasteiger partial charge in [-0.05, 0) is 66.1 Å². The molecule has 0 aromatic rings. The quantitative estimate of drug-likeness (QED) is 0.350. The zero-order valence-corrected chi connectivity index (χ0v) is 19.7. The number of hydrogen-bond donors (Lipinski definition) is 0. The first-order valence-corrected chi connectivity index (χ1v) is 13.2. The highest BCUT2D eigenvalue weighted by atomic mass is 14.6. The summed E-state index contributed by atoms with van der Waals surface area (Å²) in [7, 11) is 6.07. The van der Waals surface area contributed by atoms with Gasteiger partial charge in [0, 0.05) is 0 Å². The van der Waals surface area contributed by atoms with Gasteiger partial charge >= 0.3 is 0 Å². The second-order valence-electron chi connectivity index (χ2n) is 11.6. The Morgan fingerprint density at radius 3 is 2.11 bits per heavy atom. The molecule has 2 radical (unpaired) electrons. The highest BCUT2D eigenvalue weighted by Crippen LogP contribution is 2.62. The van der Waals surface area contributed by atoms with Crippen LogP contribution >= 0.6 is 0 Å². The fraction of sp³-hybridized carbons (Fsp3) is 1.00. The van der Waals surface area contributed by atoms with E-state index in [4.69, 9.17) is 7.85 Å².